The summed E-state index contributed by atoms with van der Waals surface area (Å²) in [6.07, 6.45) is 3.72. The van der Waals surface area contributed by atoms with Crippen molar-refractivity contribution in [3.63, 3.8) is 0 Å². The lowest BCUT2D eigenvalue weighted by atomic mass is 10.0. The zero-order valence-corrected chi connectivity index (χ0v) is 17.0. The second kappa shape index (κ2) is 10.4. The Hall–Kier alpha value is -0.430. The molecule has 0 spiro atoms. The molecular formula is C17H28IN3S. The van der Waals surface area contributed by atoms with E-state index < -0.39 is 0 Å². The minimum atomic E-state index is 0. The normalized spacial score (nSPS) is 18.0. The summed E-state index contributed by atoms with van der Waals surface area (Å²) in [5.41, 5.74) is 4.12. The second-order valence-electron chi connectivity index (χ2n) is 5.69. The highest BCUT2D eigenvalue weighted by Gasteiger charge is 2.15. The van der Waals surface area contributed by atoms with E-state index in [4.69, 9.17) is 0 Å². The van der Waals surface area contributed by atoms with Crippen LogP contribution < -0.4 is 10.6 Å². The molecule has 1 fully saturated rings. The van der Waals surface area contributed by atoms with Crippen molar-refractivity contribution in [2.45, 2.75) is 38.4 Å². The van der Waals surface area contributed by atoms with E-state index >= 15 is 0 Å². The van der Waals surface area contributed by atoms with Gasteiger partial charge in [0.05, 0.1) is 0 Å². The maximum absolute atomic E-state index is 4.30. The van der Waals surface area contributed by atoms with Gasteiger partial charge in [-0.05, 0) is 50.0 Å². The Morgan fingerprint density at radius 2 is 2.14 bits per heavy atom. The van der Waals surface area contributed by atoms with Crippen molar-refractivity contribution in [1.82, 2.24) is 10.6 Å². The van der Waals surface area contributed by atoms with Crippen LogP contribution in [0.25, 0.3) is 0 Å². The van der Waals surface area contributed by atoms with Gasteiger partial charge in [0, 0.05) is 25.4 Å². The summed E-state index contributed by atoms with van der Waals surface area (Å²) in [5.74, 6) is 2.23. The number of nitrogens with one attached hydrogen (secondary N) is 2. The highest BCUT2D eigenvalue weighted by Crippen LogP contribution is 2.25. The van der Waals surface area contributed by atoms with Gasteiger partial charge in [-0.15, -0.1) is 24.0 Å². The average Bonchev–Trinajstić information content (AvgIpc) is 2.98. The molecule has 1 atom stereocenters. The highest BCUT2D eigenvalue weighted by atomic mass is 127. The van der Waals surface area contributed by atoms with Crippen LogP contribution in [-0.4, -0.2) is 37.1 Å². The molecule has 0 aromatic heterocycles. The molecule has 3 nitrogen and oxygen atoms in total. The molecule has 5 heteroatoms. The molecule has 1 unspecified atom stereocenters. The first kappa shape index (κ1) is 19.6. The molecule has 124 valence electrons. The molecule has 1 heterocycles. The number of thioether (sulfide) groups is 1. The number of rotatable bonds is 5. The predicted molar refractivity (Wildman–Crippen MR) is 110 cm³/mol. The molecule has 0 amide bonds. The molecular weight excluding hydrogens is 405 g/mol. The average molecular weight is 433 g/mol. The van der Waals surface area contributed by atoms with Gasteiger partial charge in [0.1, 0.15) is 0 Å². The summed E-state index contributed by atoms with van der Waals surface area (Å²) in [7, 11) is 1.84. The number of aryl methyl sites for hydroxylation is 2. The number of aliphatic imine (C=N–C) groups is 1. The highest BCUT2D eigenvalue weighted by molar-refractivity contribution is 14.0. The molecule has 2 rings (SSSR count). The van der Waals surface area contributed by atoms with Crippen LogP contribution >= 0.6 is 35.7 Å². The van der Waals surface area contributed by atoms with Gasteiger partial charge in [-0.3, -0.25) is 4.99 Å². The zero-order chi connectivity index (χ0) is 15.1. The van der Waals surface area contributed by atoms with Crippen LogP contribution in [-0.2, 0) is 6.42 Å². The van der Waals surface area contributed by atoms with Crippen LogP contribution in [0.4, 0.5) is 0 Å². The van der Waals surface area contributed by atoms with Gasteiger partial charge in [0.15, 0.2) is 5.96 Å². The van der Waals surface area contributed by atoms with Gasteiger partial charge in [-0.1, -0.05) is 23.8 Å². The molecule has 1 aromatic rings. The Labute approximate surface area is 156 Å². The van der Waals surface area contributed by atoms with Crippen molar-refractivity contribution in [1.29, 1.82) is 0 Å². The van der Waals surface area contributed by atoms with Crippen molar-refractivity contribution in [2.75, 3.05) is 25.9 Å². The molecule has 1 aliphatic rings. The Morgan fingerprint density at radius 1 is 1.32 bits per heavy atom. The van der Waals surface area contributed by atoms with Gasteiger partial charge in [0.2, 0.25) is 0 Å². The number of guanidine groups is 1. The Morgan fingerprint density at radius 3 is 2.77 bits per heavy atom. The first-order valence-corrected chi connectivity index (χ1v) is 8.86. The first-order valence-electron chi connectivity index (χ1n) is 7.81. The monoisotopic (exact) mass is 433 g/mol. The lowest BCUT2D eigenvalue weighted by Crippen LogP contribution is -2.40. The van der Waals surface area contributed by atoms with E-state index in [0.717, 1.165) is 30.7 Å². The minimum absolute atomic E-state index is 0. The van der Waals surface area contributed by atoms with Crippen LogP contribution in [0.15, 0.2) is 23.2 Å². The summed E-state index contributed by atoms with van der Waals surface area (Å²) >= 11 is 2.07. The van der Waals surface area contributed by atoms with Crippen molar-refractivity contribution in [2.24, 2.45) is 4.99 Å². The van der Waals surface area contributed by atoms with E-state index in [1.165, 1.54) is 35.3 Å². The number of hydrogen-bond acceptors (Lipinski definition) is 2. The molecule has 1 aliphatic heterocycles. The standard InChI is InChI=1S/C17H27N3S.HI/c1-13-6-7-15(14(2)11-13)8-9-19-17(18-3)20-12-16-5-4-10-21-16;/h6-7,11,16H,4-5,8-10,12H2,1-3H3,(H2,18,19,20);1H. The fraction of sp³-hybridized carbons (Fsp3) is 0.588. The van der Waals surface area contributed by atoms with Gasteiger partial charge < -0.3 is 10.6 Å². The first-order chi connectivity index (χ1) is 10.2. The van der Waals surface area contributed by atoms with E-state index in [2.05, 4.69) is 59.4 Å². The third-order valence-corrected chi connectivity index (χ3v) is 5.33. The Kier molecular flexibility index (Phi) is 9.24. The summed E-state index contributed by atoms with van der Waals surface area (Å²) in [6, 6.07) is 6.67. The van der Waals surface area contributed by atoms with Crippen LogP contribution in [0, 0.1) is 13.8 Å². The largest absolute Gasteiger partial charge is 0.356 e. The van der Waals surface area contributed by atoms with Crippen molar-refractivity contribution in [3.8, 4) is 0 Å². The molecule has 0 saturated carbocycles. The van der Waals surface area contributed by atoms with Crippen LogP contribution in [0.5, 0.6) is 0 Å². The summed E-state index contributed by atoms with van der Waals surface area (Å²) in [5, 5.41) is 7.61. The maximum Gasteiger partial charge on any atom is 0.191 e. The van der Waals surface area contributed by atoms with E-state index in [0.29, 0.717) is 0 Å². The smallest absolute Gasteiger partial charge is 0.191 e. The van der Waals surface area contributed by atoms with Gasteiger partial charge in [-0.25, -0.2) is 0 Å². The lowest BCUT2D eigenvalue weighted by molar-refractivity contribution is 0.724. The third kappa shape index (κ3) is 6.36. The van der Waals surface area contributed by atoms with E-state index in [9.17, 15) is 0 Å². The van der Waals surface area contributed by atoms with Gasteiger partial charge in [-0.2, -0.15) is 11.8 Å². The molecule has 0 bridgehead atoms. The number of hydrogen-bond donors (Lipinski definition) is 2. The molecule has 2 N–H and O–H groups in total. The van der Waals surface area contributed by atoms with Crippen molar-refractivity contribution >= 4 is 41.7 Å². The van der Waals surface area contributed by atoms with Gasteiger partial charge in [0.25, 0.3) is 0 Å². The van der Waals surface area contributed by atoms with E-state index in [1.807, 2.05) is 7.05 Å². The number of benzene rings is 1. The fourth-order valence-electron chi connectivity index (χ4n) is 2.68. The Bertz CT molecular complexity index is 485. The summed E-state index contributed by atoms with van der Waals surface area (Å²) in [4.78, 5) is 4.30. The molecule has 0 aliphatic carbocycles. The van der Waals surface area contributed by atoms with E-state index in [-0.39, 0.29) is 24.0 Å². The predicted octanol–water partition coefficient (Wildman–Crippen LogP) is 3.52. The number of halogens is 1. The lowest BCUT2D eigenvalue weighted by Gasteiger charge is -2.15. The van der Waals surface area contributed by atoms with Crippen LogP contribution in [0.3, 0.4) is 0 Å². The van der Waals surface area contributed by atoms with Crippen molar-refractivity contribution in [3.05, 3.63) is 34.9 Å². The zero-order valence-electron chi connectivity index (χ0n) is 13.8. The molecule has 1 saturated heterocycles. The Balaban J connectivity index is 0.00000242. The summed E-state index contributed by atoms with van der Waals surface area (Å²) in [6.45, 7) is 6.27. The maximum atomic E-state index is 4.30. The molecule has 1 aromatic carbocycles. The summed E-state index contributed by atoms with van der Waals surface area (Å²) < 4.78 is 0. The molecule has 0 radical (unpaired) electrons. The van der Waals surface area contributed by atoms with Gasteiger partial charge >= 0.3 is 0 Å². The van der Waals surface area contributed by atoms with E-state index in [1.54, 1.807) is 0 Å². The fourth-order valence-corrected chi connectivity index (χ4v) is 3.88. The number of nitrogens with zero attached hydrogens (tertiary/aromatic N) is 1. The third-order valence-electron chi connectivity index (χ3n) is 3.93. The van der Waals surface area contributed by atoms with Crippen LogP contribution in [0.2, 0.25) is 0 Å². The topological polar surface area (TPSA) is 36.4 Å². The van der Waals surface area contributed by atoms with Crippen LogP contribution in [0.1, 0.15) is 29.5 Å². The minimum Gasteiger partial charge on any atom is -0.356 e. The van der Waals surface area contributed by atoms with Crippen molar-refractivity contribution < 1.29 is 0 Å². The molecule has 22 heavy (non-hydrogen) atoms. The quantitative estimate of drug-likeness (QED) is 0.424. The SMILES string of the molecule is CN=C(NCCc1ccc(C)cc1C)NCC1CCCS1.I. The second-order valence-corrected chi connectivity index (χ2v) is 7.10.